The van der Waals surface area contributed by atoms with Gasteiger partial charge >= 0.3 is 6.03 Å². The highest BCUT2D eigenvalue weighted by atomic mass is 79.9. The van der Waals surface area contributed by atoms with E-state index in [1.165, 1.54) is 0 Å². The molecule has 132 valence electrons. The number of primary amides is 1. The normalized spacial score (nSPS) is 10.5. The number of anilines is 1. The van der Waals surface area contributed by atoms with Crippen molar-refractivity contribution in [1.82, 2.24) is 9.97 Å². The van der Waals surface area contributed by atoms with Crippen molar-refractivity contribution in [1.29, 1.82) is 0 Å². The van der Waals surface area contributed by atoms with Gasteiger partial charge in [-0.1, -0.05) is 53.2 Å². The van der Waals surface area contributed by atoms with Crippen LogP contribution in [0.5, 0.6) is 5.75 Å². The van der Waals surface area contributed by atoms with E-state index in [0.717, 1.165) is 26.9 Å². The number of amides is 2. The van der Waals surface area contributed by atoms with Crippen molar-refractivity contribution in [2.24, 2.45) is 5.73 Å². The van der Waals surface area contributed by atoms with Gasteiger partial charge in [-0.05, 0) is 24.6 Å². The first-order chi connectivity index (χ1) is 12.5. The molecule has 2 aromatic carbocycles. The van der Waals surface area contributed by atoms with Crippen LogP contribution in [-0.2, 0) is 6.42 Å². The quantitative estimate of drug-likeness (QED) is 0.593. The highest BCUT2D eigenvalue weighted by molar-refractivity contribution is 9.10. The van der Waals surface area contributed by atoms with E-state index in [9.17, 15) is 9.90 Å². The topological polar surface area (TPSA) is 101 Å². The number of carbonyl (C=O) groups is 1. The van der Waals surface area contributed by atoms with Crippen molar-refractivity contribution in [2.45, 2.75) is 13.3 Å². The van der Waals surface area contributed by atoms with Gasteiger partial charge in [-0.15, -0.1) is 0 Å². The summed E-state index contributed by atoms with van der Waals surface area (Å²) >= 11 is 3.54. The molecule has 0 saturated heterocycles. The van der Waals surface area contributed by atoms with Gasteiger partial charge in [0.1, 0.15) is 5.75 Å². The van der Waals surface area contributed by atoms with Crippen molar-refractivity contribution in [2.75, 3.05) is 5.32 Å². The number of benzene rings is 2. The van der Waals surface area contributed by atoms with Crippen LogP contribution in [0, 0.1) is 0 Å². The second-order valence-electron chi connectivity index (χ2n) is 5.59. The fourth-order valence-corrected chi connectivity index (χ4v) is 3.17. The Bertz CT molecular complexity index is 961. The lowest BCUT2D eigenvalue weighted by Crippen LogP contribution is -2.21. The van der Waals surface area contributed by atoms with Gasteiger partial charge in [-0.25, -0.2) is 14.8 Å². The summed E-state index contributed by atoms with van der Waals surface area (Å²) in [5.74, 6) is 0.289. The minimum atomic E-state index is -0.725. The first-order valence-corrected chi connectivity index (χ1v) is 8.80. The van der Waals surface area contributed by atoms with Crippen LogP contribution in [0.3, 0.4) is 0 Å². The highest BCUT2D eigenvalue weighted by Crippen LogP contribution is 2.39. The molecule has 1 heterocycles. The van der Waals surface area contributed by atoms with Crippen LogP contribution in [0.2, 0.25) is 0 Å². The molecule has 3 rings (SSSR count). The van der Waals surface area contributed by atoms with Crippen LogP contribution in [0.4, 0.5) is 10.7 Å². The summed E-state index contributed by atoms with van der Waals surface area (Å²) in [6.45, 7) is 1.96. The van der Waals surface area contributed by atoms with E-state index in [2.05, 4.69) is 31.2 Å². The molecule has 0 spiro atoms. The highest BCUT2D eigenvalue weighted by Gasteiger charge is 2.19. The fraction of sp³-hybridized carbons (Fsp3) is 0.105. The number of rotatable bonds is 4. The molecule has 0 radical (unpaired) electrons. The largest absolute Gasteiger partial charge is 0.508 e. The Labute approximate surface area is 159 Å². The average molecular weight is 413 g/mol. The third-order valence-corrected chi connectivity index (χ3v) is 4.51. The number of nitrogens with zero attached hydrogens (tertiary/aromatic N) is 2. The van der Waals surface area contributed by atoms with Crippen LogP contribution in [0.1, 0.15) is 12.6 Å². The lowest BCUT2D eigenvalue weighted by molar-refractivity contribution is 0.259. The summed E-state index contributed by atoms with van der Waals surface area (Å²) in [7, 11) is 0. The first-order valence-electron chi connectivity index (χ1n) is 8.01. The number of nitrogens with one attached hydrogen (secondary N) is 1. The predicted molar refractivity (Wildman–Crippen MR) is 105 cm³/mol. The fourth-order valence-electron chi connectivity index (χ4n) is 2.72. The maximum Gasteiger partial charge on any atom is 0.319 e. The Morgan fingerprint density at radius 3 is 2.58 bits per heavy atom. The lowest BCUT2D eigenvalue weighted by atomic mass is 9.96. The summed E-state index contributed by atoms with van der Waals surface area (Å²) in [6, 6.07) is 13.9. The molecule has 2 amide bonds. The summed E-state index contributed by atoms with van der Waals surface area (Å²) in [5.41, 5.74) is 9.03. The number of aromatic nitrogens is 2. The summed E-state index contributed by atoms with van der Waals surface area (Å²) in [5, 5.41) is 12.4. The van der Waals surface area contributed by atoms with Gasteiger partial charge in [0.05, 0.1) is 11.4 Å². The third-order valence-electron chi connectivity index (χ3n) is 3.82. The number of halogens is 1. The minimum Gasteiger partial charge on any atom is -0.508 e. The van der Waals surface area contributed by atoms with Gasteiger partial charge in [0.25, 0.3) is 0 Å². The van der Waals surface area contributed by atoms with E-state index in [1.54, 1.807) is 18.2 Å². The molecular weight excluding hydrogens is 396 g/mol. The van der Waals surface area contributed by atoms with Gasteiger partial charge in [0, 0.05) is 21.2 Å². The summed E-state index contributed by atoms with van der Waals surface area (Å²) in [4.78, 5) is 20.2. The zero-order valence-electron chi connectivity index (χ0n) is 14.0. The van der Waals surface area contributed by atoms with Gasteiger partial charge in [0.15, 0.2) is 0 Å². The number of carbonyl (C=O) groups excluding carboxylic acids is 1. The number of nitrogens with two attached hydrogens (primary N) is 1. The number of aryl methyl sites for hydroxylation is 1. The zero-order valence-corrected chi connectivity index (χ0v) is 15.6. The molecule has 0 bridgehead atoms. The van der Waals surface area contributed by atoms with E-state index in [0.29, 0.717) is 12.1 Å². The molecule has 0 unspecified atom stereocenters. The molecule has 26 heavy (non-hydrogen) atoms. The van der Waals surface area contributed by atoms with Gasteiger partial charge < -0.3 is 10.8 Å². The van der Waals surface area contributed by atoms with E-state index >= 15 is 0 Å². The Morgan fingerprint density at radius 1 is 1.19 bits per heavy atom. The smallest absolute Gasteiger partial charge is 0.319 e. The molecule has 6 nitrogen and oxygen atoms in total. The lowest BCUT2D eigenvalue weighted by Gasteiger charge is -2.16. The Morgan fingerprint density at radius 2 is 1.92 bits per heavy atom. The van der Waals surface area contributed by atoms with Crippen LogP contribution in [-0.4, -0.2) is 21.1 Å². The number of phenols is 1. The van der Waals surface area contributed by atoms with Crippen LogP contribution >= 0.6 is 15.9 Å². The standard InChI is InChI=1S/C19H17BrN4O2/c1-2-15-16(13-10-12(25)8-9-14(13)20)17(11-6-4-3-5-7-11)23-19(22-15)24-18(21)26/h3-10,25H,2H2,1H3,(H3,21,22,23,24,26). The van der Waals surface area contributed by atoms with E-state index in [1.807, 2.05) is 37.3 Å². The SMILES string of the molecule is CCc1nc(NC(N)=O)nc(-c2ccccc2)c1-c1cc(O)ccc1Br. The predicted octanol–water partition coefficient (Wildman–Crippen LogP) is 4.33. The Hall–Kier alpha value is -2.93. The van der Waals surface area contributed by atoms with Gasteiger partial charge in [0.2, 0.25) is 5.95 Å². The van der Waals surface area contributed by atoms with Crippen LogP contribution < -0.4 is 11.1 Å². The number of aromatic hydroxyl groups is 1. The molecule has 1 aromatic heterocycles. The molecule has 0 atom stereocenters. The van der Waals surface area contributed by atoms with Crippen molar-refractivity contribution in [3.8, 4) is 28.1 Å². The van der Waals surface area contributed by atoms with Crippen molar-refractivity contribution in [3.63, 3.8) is 0 Å². The first kappa shape index (κ1) is 17.9. The van der Waals surface area contributed by atoms with Crippen molar-refractivity contribution < 1.29 is 9.90 Å². The Balaban J connectivity index is 2.34. The maximum absolute atomic E-state index is 11.3. The molecule has 0 saturated carbocycles. The minimum absolute atomic E-state index is 0.142. The molecule has 4 N–H and O–H groups in total. The molecule has 0 aliphatic heterocycles. The maximum atomic E-state index is 11.3. The molecule has 0 aliphatic rings. The molecular formula is C19H17BrN4O2. The van der Waals surface area contributed by atoms with Crippen LogP contribution in [0.15, 0.2) is 53.0 Å². The number of urea groups is 1. The molecule has 7 heteroatoms. The molecule has 0 fully saturated rings. The number of phenolic OH excluding ortho intramolecular Hbond substituents is 1. The van der Waals surface area contributed by atoms with Crippen molar-refractivity contribution in [3.05, 3.63) is 58.7 Å². The zero-order chi connectivity index (χ0) is 18.7. The van der Waals surface area contributed by atoms with E-state index in [4.69, 9.17) is 5.73 Å². The van der Waals surface area contributed by atoms with Crippen molar-refractivity contribution >= 4 is 27.9 Å². The number of hydrogen-bond donors (Lipinski definition) is 3. The van der Waals surface area contributed by atoms with Crippen LogP contribution in [0.25, 0.3) is 22.4 Å². The monoisotopic (exact) mass is 412 g/mol. The summed E-state index contributed by atoms with van der Waals surface area (Å²) in [6.07, 6.45) is 0.604. The van der Waals surface area contributed by atoms with Gasteiger partial charge in [-0.2, -0.15) is 0 Å². The number of hydrogen-bond acceptors (Lipinski definition) is 4. The summed E-state index contributed by atoms with van der Waals surface area (Å²) < 4.78 is 0.807. The second kappa shape index (κ2) is 7.53. The van der Waals surface area contributed by atoms with E-state index < -0.39 is 6.03 Å². The third kappa shape index (κ3) is 3.67. The second-order valence-corrected chi connectivity index (χ2v) is 6.44. The molecule has 3 aromatic rings. The average Bonchev–Trinajstić information content (AvgIpc) is 2.63. The van der Waals surface area contributed by atoms with E-state index in [-0.39, 0.29) is 11.7 Å². The molecule has 0 aliphatic carbocycles. The van der Waals surface area contributed by atoms with Gasteiger partial charge in [-0.3, -0.25) is 5.32 Å². The Kier molecular flexibility index (Phi) is 5.18.